The molecule has 1 saturated heterocycles. The number of rotatable bonds is 2. The standard InChI is InChI=1S/C10H10Cl2N2O3S/c1-10(2)9(15)14(18(10,16)17)5-6-4-13-8(12)3-7(6)11/h3-4H,5H2,1-2H3. The largest absolute Gasteiger partial charge is 0.272 e. The van der Waals surface area contributed by atoms with Crippen molar-refractivity contribution in [1.82, 2.24) is 9.29 Å². The Balaban J connectivity index is 2.30. The highest BCUT2D eigenvalue weighted by molar-refractivity contribution is 7.94. The van der Waals surface area contributed by atoms with Crippen LogP contribution in [0.1, 0.15) is 19.4 Å². The summed E-state index contributed by atoms with van der Waals surface area (Å²) in [6.45, 7) is 2.64. The number of sulfonamides is 1. The lowest BCUT2D eigenvalue weighted by molar-refractivity contribution is -0.132. The highest BCUT2D eigenvalue weighted by atomic mass is 35.5. The summed E-state index contributed by atoms with van der Waals surface area (Å²) in [7, 11) is -3.61. The third kappa shape index (κ3) is 1.79. The van der Waals surface area contributed by atoms with Crippen LogP contribution in [-0.2, 0) is 21.4 Å². The summed E-state index contributed by atoms with van der Waals surface area (Å²) >= 11 is 11.5. The van der Waals surface area contributed by atoms with Crippen molar-refractivity contribution in [3.63, 3.8) is 0 Å². The summed E-state index contributed by atoms with van der Waals surface area (Å²) in [5.41, 5.74) is 0.438. The first-order valence-electron chi connectivity index (χ1n) is 5.04. The number of carbonyl (C=O) groups is 1. The van der Waals surface area contributed by atoms with E-state index in [1.807, 2.05) is 0 Å². The van der Waals surface area contributed by atoms with Gasteiger partial charge in [-0.2, -0.15) is 0 Å². The van der Waals surface area contributed by atoms with Crippen LogP contribution >= 0.6 is 23.2 Å². The van der Waals surface area contributed by atoms with Crippen LogP contribution in [0.2, 0.25) is 10.2 Å². The van der Waals surface area contributed by atoms with E-state index < -0.39 is 20.7 Å². The van der Waals surface area contributed by atoms with Gasteiger partial charge in [-0.3, -0.25) is 4.79 Å². The lowest BCUT2D eigenvalue weighted by atomic mass is 10.1. The van der Waals surface area contributed by atoms with Gasteiger partial charge in [-0.25, -0.2) is 17.7 Å². The SMILES string of the molecule is CC1(C)C(=O)N(Cc2cnc(Cl)cc2Cl)S1(=O)=O. The zero-order chi connectivity index (χ0) is 13.7. The molecule has 1 fully saturated rings. The van der Waals surface area contributed by atoms with Crippen molar-refractivity contribution in [2.24, 2.45) is 0 Å². The van der Waals surface area contributed by atoms with Gasteiger partial charge in [-0.15, -0.1) is 0 Å². The number of halogens is 2. The van der Waals surface area contributed by atoms with Gasteiger partial charge in [0.2, 0.25) is 0 Å². The molecule has 1 aliphatic heterocycles. The lowest BCUT2D eigenvalue weighted by Crippen LogP contribution is -2.66. The summed E-state index contributed by atoms with van der Waals surface area (Å²) in [6.07, 6.45) is 1.36. The second kappa shape index (κ2) is 4.08. The Labute approximate surface area is 115 Å². The lowest BCUT2D eigenvalue weighted by Gasteiger charge is -2.43. The predicted octanol–water partition coefficient (Wildman–Crippen LogP) is 1.84. The zero-order valence-corrected chi connectivity index (χ0v) is 12.0. The van der Waals surface area contributed by atoms with Gasteiger partial charge in [-0.05, 0) is 19.9 Å². The molecule has 0 saturated carbocycles. The molecule has 1 aromatic rings. The molecular formula is C10H10Cl2N2O3S. The van der Waals surface area contributed by atoms with Crippen molar-refractivity contribution in [3.05, 3.63) is 28.0 Å². The second-order valence-electron chi connectivity index (χ2n) is 4.43. The predicted molar refractivity (Wildman–Crippen MR) is 67.8 cm³/mol. The molecule has 18 heavy (non-hydrogen) atoms. The zero-order valence-electron chi connectivity index (χ0n) is 9.65. The smallest absolute Gasteiger partial charge is 0.259 e. The molecule has 0 spiro atoms. The van der Waals surface area contributed by atoms with Gasteiger partial charge in [-0.1, -0.05) is 23.2 Å². The topological polar surface area (TPSA) is 67.3 Å². The quantitative estimate of drug-likeness (QED) is 0.782. The molecule has 1 aromatic heterocycles. The molecule has 0 radical (unpaired) electrons. The third-order valence-electron chi connectivity index (χ3n) is 2.89. The highest BCUT2D eigenvalue weighted by Gasteiger charge is 2.59. The average Bonchev–Trinajstić information content (AvgIpc) is 2.26. The molecule has 0 atom stereocenters. The molecule has 0 aromatic carbocycles. The maximum Gasteiger partial charge on any atom is 0.259 e. The number of nitrogens with zero attached hydrogens (tertiary/aromatic N) is 2. The van der Waals surface area contributed by atoms with Crippen molar-refractivity contribution in [2.45, 2.75) is 25.1 Å². The van der Waals surface area contributed by atoms with E-state index in [1.165, 1.54) is 26.1 Å². The number of hydrogen-bond acceptors (Lipinski definition) is 4. The van der Waals surface area contributed by atoms with E-state index >= 15 is 0 Å². The first-order valence-corrected chi connectivity index (χ1v) is 7.24. The van der Waals surface area contributed by atoms with Crippen LogP contribution in [0.25, 0.3) is 0 Å². The molecule has 98 valence electrons. The molecule has 0 N–H and O–H groups in total. The van der Waals surface area contributed by atoms with Crippen LogP contribution < -0.4 is 0 Å². The van der Waals surface area contributed by atoms with Crippen molar-refractivity contribution < 1.29 is 13.2 Å². The van der Waals surface area contributed by atoms with Crippen molar-refractivity contribution >= 4 is 39.1 Å². The molecule has 1 amide bonds. The summed E-state index contributed by atoms with van der Waals surface area (Å²) < 4.78 is 23.2. The summed E-state index contributed by atoms with van der Waals surface area (Å²) in [6, 6.07) is 1.40. The summed E-state index contributed by atoms with van der Waals surface area (Å²) in [5, 5.41) is 0.490. The normalized spacial score (nSPS) is 20.7. The maximum absolute atomic E-state index is 11.9. The number of hydrogen-bond donors (Lipinski definition) is 0. The van der Waals surface area contributed by atoms with Gasteiger partial charge in [0, 0.05) is 11.8 Å². The monoisotopic (exact) mass is 308 g/mol. The number of carbonyl (C=O) groups excluding carboxylic acids is 1. The second-order valence-corrected chi connectivity index (χ2v) is 7.63. The number of pyridine rings is 1. The molecule has 8 heteroatoms. The number of aromatic nitrogens is 1. The molecule has 2 heterocycles. The molecule has 0 unspecified atom stereocenters. The van der Waals surface area contributed by atoms with Crippen LogP contribution in [-0.4, -0.2) is 28.4 Å². The van der Waals surface area contributed by atoms with E-state index in [4.69, 9.17) is 23.2 Å². The molecule has 5 nitrogen and oxygen atoms in total. The van der Waals surface area contributed by atoms with Gasteiger partial charge >= 0.3 is 0 Å². The van der Waals surface area contributed by atoms with Gasteiger partial charge in [0.25, 0.3) is 15.9 Å². The van der Waals surface area contributed by atoms with Crippen LogP contribution in [0.3, 0.4) is 0 Å². The molecule has 2 rings (SSSR count). The van der Waals surface area contributed by atoms with Gasteiger partial charge in [0.1, 0.15) is 5.15 Å². The Morgan fingerprint density at radius 3 is 2.50 bits per heavy atom. The minimum Gasteiger partial charge on any atom is -0.272 e. The molecule has 0 aliphatic carbocycles. The Hall–Kier alpha value is -0.850. The van der Waals surface area contributed by atoms with E-state index in [1.54, 1.807) is 0 Å². The Morgan fingerprint density at radius 2 is 2.00 bits per heavy atom. The fourth-order valence-corrected chi connectivity index (χ4v) is 3.55. The Bertz CT molecular complexity index is 628. The van der Waals surface area contributed by atoms with Crippen molar-refractivity contribution in [1.29, 1.82) is 0 Å². The van der Waals surface area contributed by atoms with Gasteiger partial charge in [0.05, 0.1) is 11.6 Å². The number of amides is 1. The molecule has 0 bridgehead atoms. The van der Waals surface area contributed by atoms with Crippen LogP contribution in [0.5, 0.6) is 0 Å². The summed E-state index contributed by atoms with van der Waals surface area (Å²) in [4.78, 5) is 15.5. The van der Waals surface area contributed by atoms with E-state index in [-0.39, 0.29) is 16.7 Å². The minimum atomic E-state index is -3.61. The Morgan fingerprint density at radius 1 is 1.39 bits per heavy atom. The van der Waals surface area contributed by atoms with E-state index in [0.29, 0.717) is 5.56 Å². The minimum absolute atomic E-state index is 0.117. The van der Waals surface area contributed by atoms with E-state index in [2.05, 4.69) is 4.98 Å². The summed E-state index contributed by atoms with van der Waals surface area (Å²) in [5.74, 6) is -0.450. The van der Waals surface area contributed by atoms with E-state index in [0.717, 1.165) is 4.31 Å². The van der Waals surface area contributed by atoms with Crippen LogP contribution in [0, 0.1) is 0 Å². The highest BCUT2D eigenvalue weighted by Crippen LogP contribution is 2.36. The average molecular weight is 309 g/mol. The van der Waals surface area contributed by atoms with Crippen LogP contribution in [0.4, 0.5) is 0 Å². The van der Waals surface area contributed by atoms with Gasteiger partial charge in [0.15, 0.2) is 4.75 Å². The third-order valence-corrected chi connectivity index (χ3v) is 5.78. The fourth-order valence-electron chi connectivity index (χ4n) is 1.62. The molecule has 1 aliphatic rings. The Kier molecular flexibility index (Phi) is 3.08. The van der Waals surface area contributed by atoms with Crippen molar-refractivity contribution in [2.75, 3.05) is 0 Å². The maximum atomic E-state index is 11.9. The molecular weight excluding hydrogens is 299 g/mol. The van der Waals surface area contributed by atoms with Crippen molar-refractivity contribution in [3.8, 4) is 0 Å². The van der Waals surface area contributed by atoms with E-state index in [9.17, 15) is 13.2 Å². The van der Waals surface area contributed by atoms with Gasteiger partial charge < -0.3 is 0 Å². The fraction of sp³-hybridized carbons (Fsp3) is 0.400. The van der Waals surface area contributed by atoms with Crippen LogP contribution in [0.15, 0.2) is 12.3 Å². The first kappa shape index (κ1) is 13.6. The first-order chi connectivity index (χ1) is 8.18.